The molecule has 0 bridgehead atoms. The van der Waals surface area contributed by atoms with Gasteiger partial charge in [0.25, 0.3) is 0 Å². The molecule has 2 N–H and O–H groups in total. The third kappa shape index (κ3) is 6.86. The second-order valence-electron chi connectivity index (χ2n) is 5.86. The Labute approximate surface area is 160 Å². The topological polar surface area (TPSA) is 84.5 Å². The summed E-state index contributed by atoms with van der Waals surface area (Å²) < 4.78 is 66.6. The fourth-order valence-corrected chi connectivity index (χ4v) is 3.27. The van der Waals surface area contributed by atoms with Crippen molar-refractivity contribution in [1.29, 1.82) is 0 Å². The Morgan fingerprint density at radius 2 is 1.64 bits per heavy atom. The summed E-state index contributed by atoms with van der Waals surface area (Å²) in [6.45, 7) is -1.65. The number of methoxy groups -OCH3 is 1. The van der Waals surface area contributed by atoms with Crippen molar-refractivity contribution in [1.82, 2.24) is 4.72 Å². The minimum atomic E-state index is -4.65. The number of anilines is 1. The molecule has 0 unspecified atom stereocenters. The number of amides is 1. The summed E-state index contributed by atoms with van der Waals surface area (Å²) in [5.74, 6) is 0.439. The van der Waals surface area contributed by atoms with Crippen LogP contribution in [-0.2, 0) is 21.2 Å². The summed E-state index contributed by atoms with van der Waals surface area (Å²) in [6.07, 6.45) is -3.94. The number of ether oxygens (including phenoxy) is 1. The largest absolute Gasteiger partial charge is 0.497 e. The van der Waals surface area contributed by atoms with Crippen LogP contribution in [0.4, 0.5) is 18.9 Å². The maximum atomic E-state index is 12.2. The Hall–Kier alpha value is -2.59. The number of aryl methyl sites for hydroxylation is 1. The van der Waals surface area contributed by atoms with Crippen LogP contribution in [0.3, 0.4) is 0 Å². The molecule has 28 heavy (non-hydrogen) atoms. The molecule has 0 fully saturated rings. The molecule has 0 spiro atoms. The molecule has 10 heteroatoms. The summed E-state index contributed by atoms with van der Waals surface area (Å²) in [5, 5.41) is 2.61. The monoisotopic (exact) mass is 416 g/mol. The lowest BCUT2D eigenvalue weighted by molar-refractivity contribution is -0.121. The lowest BCUT2D eigenvalue weighted by Crippen LogP contribution is -2.33. The van der Waals surface area contributed by atoms with E-state index in [-0.39, 0.29) is 17.2 Å². The van der Waals surface area contributed by atoms with Crippen molar-refractivity contribution in [3.63, 3.8) is 0 Å². The molecular formula is C18H19F3N2O4S. The normalized spacial score (nSPS) is 11.9. The molecule has 6 nitrogen and oxygen atoms in total. The van der Waals surface area contributed by atoms with Crippen molar-refractivity contribution in [2.45, 2.75) is 23.9 Å². The average Bonchev–Trinajstić information content (AvgIpc) is 2.65. The van der Waals surface area contributed by atoms with E-state index in [0.29, 0.717) is 17.9 Å². The van der Waals surface area contributed by atoms with Gasteiger partial charge in [0.05, 0.1) is 12.0 Å². The second-order valence-corrected chi connectivity index (χ2v) is 7.63. The van der Waals surface area contributed by atoms with Gasteiger partial charge in [-0.05, 0) is 48.4 Å². The highest BCUT2D eigenvalue weighted by Gasteiger charge is 2.30. The number of halogens is 3. The lowest BCUT2D eigenvalue weighted by atomic mass is 10.1. The molecule has 152 valence electrons. The van der Waals surface area contributed by atoms with Crippen molar-refractivity contribution >= 4 is 21.6 Å². The molecule has 0 saturated heterocycles. The van der Waals surface area contributed by atoms with E-state index in [4.69, 9.17) is 4.74 Å². The Bertz CT molecular complexity index is 896. The molecule has 2 aromatic carbocycles. The number of carbonyl (C=O) groups is 1. The van der Waals surface area contributed by atoms with Gasteiger partial charge in [-0.3, -0.25) is 4.79 Å². The summed E-state index contributed by atoms with van der Waals surface area (Å²) in [5.41, 5.74) is 1.29. The Kier molecular flexibility index (Phi) is 7.03. The smallest absolute Gasteiger partial charge is 0.402 e. The van der Waals surface area contributed by atoms with E-state index in [2.05, 4.69) is 5.32 Å². The number of hydrogen-bond donors (Lipinski definition) is 2. The first-order valence-electron chi connectivity index (χ1n) is 8.18. The first-order valence-corrected chi connectivity index (χ1v) is 9.67. The van der Waals surface area contributed by atoms with Crippen LogP contribution < -0.4 is 14.8 Å². The van der Waals surface area contributed by atoms with Crippen molar-refractivity contribution in [3.05, 3.63) is 54.1 Å². The van der Waals surface area contributed by atoms with E-state index in [0.717, 1.165) is 17.7 Å². The maximum Gasteiger partial charge on any atom is 0.402 e. The van der Waals surface area contributed by atoms with Crippen LogP contribution in [0.1, 0.15) is 12.0 Å². The number of benzene rings is 2. The van der Waals surface area contributed by atoms with Crippen molar-refractivity contribution < 1.29 is 31.1 Å². The zero-order chi connectivity index (χ0) is 20.8. The van der Waals surface area contributed by atoms with Gasteiger partial charge < -0.3 is 10.1 Å². The van der Waals surface area contributed by atoms with Gasteiger partial charge in [0.15, 0.2) is 0 Å². The van der Waals surface area contributed by atoms with Crippen molar-refractivity contribution in [3.8, 4) is 5.75 Å². The Morgan fingerprint density at radius 1 is 1.04 bits per heavy atom. The van der Waals surface area contributed by atoms with Gasteiger partial charge in [0, 0.05) is 12.1 Å². The molecule has 0 aliphatic heterocycles. The van der Waals surface area contributed by atoms with Gasteiger partial charge in [-0.1, -0.05) is 12.1 Å². The van der Waals surface area contributed by atoms with Crippen molar-refractivity contribution in [2.75, 3.05) is 19.0 Å². The second kappa shape index (κ2) is 9.07. The van der Waals surface area contributed by atoms with E-state index in [1.807, 2.05) is 12.1 Å². The molecule has 0 aliphatic rings. The maximum absolute atomic E-state index is 12.2. The predicted molar refractivity (Wildman–Crippen MR) is 97.6 cm³/mol. The van der Waals surface area contributed by atoms with Gasteiger partial charge in [-0.2, -0.15) is 13.2 Å². The van der Waals surface area contributed by atoms with Crippen LogP contribution in [0.15, 0.2) is 53.4 Å². The standard InChI is InChI=1S/C18H19F3N2O4S/c1-27-15-7-2-13(3-8-15)4-11-17(24)23-14-5-9-16(10-6-14)28(25,26)22-12-18(19,20)21/h2-3,5-10,22H,4,11-12H2,1H3,(H,23,24). The molecular weight excluding hydrogens is 397 g/mol. The van der Waals surface area contributed by atoms with Gasteiger partial charge in [0.2, 0.25) is 15.9 Å². The van der Waals surface area contributed by atoms with Crippen LogP contribution in [0.25, 0.3) is 0 Å². The summed E-state index contributed by atoms with van der Waals surface area (Å²) in [4.78, 5) is 11.7. The van der Waals surface area contributed by atoms with Crippen LogP contribution in [-0.4, -0.2) is 34.2 Å². The van der Waals surface area contributed by atoms with Gasteiger partial charge in [-0.15, -0.1) is 0 Å². The van der Waals surface area contributed by atoms with E-state index in [9.17, 15) is 26.4 Å². The Balaban J connectivity index is 1.89. The summed E-state index contributed by atoms with van der Waals surface area (Å²) in [6, 6.07) is 12.1. The minimum absolute atomic E-state index is 0.208. The van der Waals surface area contributed by atoms with Gasteiger partial charge >= 0.3 is 6.18 Å². The summed E-state index contributed by atoms with van der Waals surface area (Å²) in [7, 11) is -2.72. The lowest BCUT2D eigenvalue weighted by Gasteiger charge is -2.10. The fraction of sp³-hybridized carbons (Fsp3) is 0.278. The molecule has 2 aromatic rings. The number of rotatable bonds is 8. The van der Waals surface area contributed by atoms with Gasteiger partial charge in [-0.25, -0.2) is 13.1 Å². The molecule has 0 aromatic heterocycles. The van der Waals surface area contributed by atoms with Crippen LogP contribution in [0, 0.1) is 0 Å². The zero-order valence-electron chi connectivity index (χ0n) is 14.9. The van der Waals surface area contributed by atoms with Crippen LogP contribution in [0.5, 0.6) is 5.75 Å². The molecule has 2 rings (SSSR count). The molecule has 0 atom stereocenters. The highest BCUT2D eigenvalue weighted by atomic mass is 32.2. The number of sulfonamides is 1. The number of alkyl halides is 3. The molecule has 0 radical (unpaired) electrons. The van der Waals surface area contributed by atoms with E-state index >= 15 is 0 Å². The summed E-state index contributed by atoms with van der Waals surface area (Å²) >= 11 is 0. The van der Waals surface area contributed by atoms with E-state index in [1.165, 1.54) is 16.9 Å². The first kappa shape index (κ1) is 21.7. The number of hydrogen-bond acceptors (Lipinski definition) is 4. The minimum Gasteiger partial charge on any atom is -0.497 e. The third-order valence-electron chi connectivity index (χ3n) is 3.71. The van der Waals surface area contributed by atoms with Crippen LogP contribution in [0.2, 0.25) is 0 Å². The van der Waals surface area contributed by atoms with E-state index in [1.54, 1.807) is 19.2 Å². The van der Waals surface area contributed by atoms with Crippen molar-refractivity contribution in [2.24, 2.45) is 0 Å². The molecule has 0 heterocycles. The zero-order valence-corrected chi connectivity index (χ0v) is 15.7. The van der Waals surface area contributed by atoms with Gasteiger partial charge in [0.1, 0.15) is 12.3 Å². The quantitative estimate of drug-likeness (QED) is 0.693. The highest BCUT2D eigenvalue weighted by molar-refractivity contribution is 7.89. The highest BCUT2D eigenvalue weighted by Crippen LogP contribution is 2.18. The van der Waals surface area contributed by atoms with Crippen LogP contribution >= 0.6 is 0 Å². The first-order chi connectivity index (χ1) is 13.1. The van der Waals surface area contributed by atoms with E-state index < -0.39 is 22.7 Å². The Morgan fingerprint density at radius 3 is 2.18 bits per heavy atom. The SMILES string of the molecule is COc1ccc(CCC(=O)Nc2ccc(S(=O)(=O)NCC(F)(F)F)cc2)cc1. The predicted octanol–water partition coefficient (Wildman–Crippen LogP) is 3.11. The molecule has 0 aliphatic carbocycles. The third-order valence-corrected chi connectivity index (χ3v) is 5.13. The fourth-order valence-electron chi connectivity index (χ4n) is 2.25. The average molecular weight is 416 g/mol. The number of carbonyl (C=O) groups excluding carboxylic acids is 1. The molecule has 1 amide bonds. The molecule has 0 saturated carbocycles. The number of nitrogens with one attached hydrogen (secondary N) is 2.